The van der Waals surface area contributed by atoms with Crippen LogP contribution >= 0.6 is 11.3 Å². The van der Waals surface area contributed by atoms with Gasteiger partial charge in [-0.2, -0.15) is 0 Å². The molecule has 1 heterocycles. The first-order valence-corrected chi connectivity index (χ1v) is 10.1. The van der Waals surface area contributed by atoms with Gasteiger partial charge in [0.2, 0.25) is 17.7 Å². The summed E-state index contributed by atoms with van der Waals surface area (Å²) in [6.45, 7) is 1.20. The van der Waals surface area contributed by atoms with Gasteiger partial charge in [-0.1, -0.05) is 41.7 Å². The number of nitrogens with zero attached hydrogens (tertiary/aromatic N) is 1. The van der Waals surface area contributed by atoms with Crippen molar-refractivity contribution in [2.45, 2.75) is 19.4 Å². The van der Waals surface area contributed by atoms with Gasteiger partial charge in [0.15, 0.2) is 5.13 Å². The molecule has 9 heteroatoms. The van der Waals surface area contributed by atoms with Crippen molar-refractivity contribution in [3.05, 3.63) is 54.1 Å². The van der Waals surface area contributed by atoms with Crippen LogP contribution in [0.15, 0.2) is 48.5 Å². The molecule has 30 heavy (non-hydrogen) atoms. The molecule has 3 N–H and O–H groups in total. The summed E-state index contributed by atoms with van der Waals surface area (Å²) in [5.41, 5.74) is 1.57. The molecule has 0 radical (unpaired) electrons. The van der Waals surface area contributed by atoms with Gasteiger partial charge < -0.3 is 20.7 Å². The van der Waals surface area contributed by atoms with Crippen LogP contribution in [-0.4, -0.2) is 36.4 Å². The van der Waals surface area contributed by atoms with Crippen LogP contribution in [0.1, 0.15) is 24.9 Å². The van der Waals surface area contributed by atoms with Crippen molar-refractivity contribution in [1.82, 2.24) is 15.6 Å². The number of carbonyl (C=O) groups excluding carboxylic acids is 3. The van der Waals surface area contributed by atoms with Crippen molar-refractivity contribution in [2.24, 2.45) is 0 Å². The number of carbonyl (C=O) groups is 3. The summed E-state index contributed by atoms with van der Waals surface area (Å²) in [6, 6.07) is 14.2. The molecule has 0 saturated heterocycles. The highest BCUT2D eigenvalue weighted by molar-refractivity contribution is 7.22. The summed E-state index contributed by atoms with van der Waals surface area (Å²) in [4.78, 5) is 40.3. The molecule has 0 bridgehead atoms. The molecule has 3 aromatic rings. The summed E-state index contributed by atoms with van der Waals surface area (Å²) in [7, 11) is 1.59. The highest BCUT2D eigenvalue weighted by Crippen LogP contribution is 2.29. The quantitative estimate of drug-likeness (QED) is 0.513. The van der Waals surface area contributed by atoms with Crippen molar-refractivity contribution in [3.63, 3.8) is 0 Å². The zero-order valence-electron chi connectivity index (χ0n) is 16.6. The van der Waals surface area contributed by atoms with Crippen molar-refractivity contribution >= 4 is 44.4 Å². The Morgan fingerprint density at radius 1 is 1.10 bits per heavy atom. The molecule has 0 fully saturated rings. The van der Waals surface area contributed by atoms with Gasteiger partial charge in [-0.15, -0.1) is 0 Å². The second kappa shape index (κ2) is 9.84. The summed E-state index contributed by atoms with van der Waals surface area (Å²) in [5.74, 6) is -0.253. The predicted molar refractivity (Wildman–Crippen MR) is 115 cm³/mol. The number of rotatable bonds is 8. The number of anilines is 1. The van der Waals surface area contributed by atoms with Gasteiger partial charge in [0.1, 0.15) is 5.75 Å². The number of hydrogen-bond acceptors (Lipinski definition) is 6. The Hall–Kier alpha value is -3.46. The molecule has 156 valence electrons. The van der Waals surface area contributed by atoms with Gasteiger partial charge in [0.05, 0.1) is 36.3 Å². The van der Waals surface area contributed by atoms with E-state index in [1.807, 2.05) is 42.5 Å². The smallest absolute Gasteiger partial charge is 0.245 e. The molecule has 3 rings (SSSR count). The van der Waals surface area contributed by atoms with Crippen LogP contribution in [0.3, 0.4) is 0 Å². The van der Waals surface area contributed by atoms with E-state index in [1.54, 1.807) is 13.2 Å². The van der Waals surface area contributed by atoms with Crippen molar-refractivity contribution in [2.75, 3.05) is 19.0 Å². The molecule has 2 aromatic carbocycles. The molecule has 1 unspecified atom stereocenters. The molecule has 0 saturated carbocycles. The number of thiazole rings is 1. The zero-order valence-corrected chi connectivity index (χ0v) is 17.4. The van der Waals surface area contributed by atoms with E-state index in [9.17, 15) is 14.4 Å². The maximum atomic E-state index is 12.3. The van der Waals surface area contributed by atoms with E-state index in [-0.39, 0.29) is 30.7 Å². The minimum absolute atomic E-state index is 0.0256. The number of fused-ring (bicyclic) bond motifs is 1. The standard InChI is InChI=1S/C21H22N4O4S/c1-13(26)23-17(14-6-4-3-5-7-14)11-19(27)22-12-20(28)25-21-24-16-9-8-15(29-2)10-18(16)30-21/h3-10,17H,11-12H2,1-2H3,(H,22,27)(H,23,26)(H,24,25,28). The molecule has 1 aromatic heterocycles. The first kappa shape index (κ1) is 21.3. The Kier molecular flexibility index (Phi) is 6.97. The first-order chi connectivity index (χ1) is 14.4. The molecule has 0 aliphatic heterocycles. The molecular formula is C21H22N4O4S. The number of methoxy groups -OCH3 is 1. The lowest BCUT2D eigenvalue weighted by Gasteiger charge is -2.18. The molecule has 0 spiro atoms. The largest absolute Gasteiger partial charge is 0.497 e. The van der Waals surface area contributed by atoms with Gasteiger partial charge >= 0.3 is 0 Å². The van der Waals surface area contributed by atoms with Gasteiger partial charge in [0, 0.05) is 6.92 Å². The maximum absolute atomic E-state index is 12.3. The lowest BCUT2D eigenvalue weighted by Crippen LogP contribution is -2.36. The molecule has 0 aliphatic carbocycles. The number of nitrogens with one attached hydrogen (secondary N) is 3. The Bertz CT molecular complexity index is 1050. The molecular weight excluding hydrogens is 404 g/mol. The van der Waals surface area contributed by atoms with Gasteiger partial charge in [0.25, 0.3) is 0 Å². The van der Waals surface area contributed by atoms with Crippen LogP contribution in [0, 0.1) is 0 Å². The molecule has 0 aliphatic rings. The number of amides is 3. The average molecular weight is 426 g/mol. The predicted octanol–water partition coefficient (Wildman–Crippen LogP) is 2.63. The normalized spacial score (nSPS) is 11.5. The molecule has 1 atom stereocenters. The van der Waals surface area contributed by atoms with Gasteiger partial charge in [-0.3, -0.25) is 14.4 Å². The fourth-order valence-corrected chi connectivity index (χ4v) is 3.78. The van der Waals surface area contributed by atoms with E-state index < -0.39 is 6.04 Å². The Morgan fingerprint density at radius 3 is 2.57 bits per heavy atom. The van der Waals surface area contributed by atoms with Crippen LogP contribution in [0.2, 0.25) is 0 Å². The van der Waals surface area contributed by atoms with Crippen molar-refractivity contribution in [3.8, 4) is 5.75 Å². The number of hydrogen-bond donors (Lipinski definition) is 3. The summed E-state index contributed by atoms with van der Waals surface area (Å²) < 4.78 is 6.07. The van der Waals surface area contributed by atoms with Crippen LogP contribution in [0.4, 0.5) is 5.13 Å². The number of ether oxygens (including phenoxy) is 1. The summed E-state index contributed by atoms with van der Waals surface area (Å²) >= 11 is 1.32. The summed E-state index contributed by atoms with van der Waals surface area (Å²) in [5, 5.41) is 8.47. The number of aromatic nitrogens is 1. The Morgan fingerprint density at radius 2 is 1.87 bits per heavy atom. The topological polar surface area (TPSA) is 109 Å². The van der Waals surface area contributed by atoms with Crippen molar-refractivity contribution < 1.29 is 19.1 Å². The SMILES string of the molecule is COc1ccc2nc(NC(=O)CNC(=O)CC(NC(C)=O)c3ccccc3)sc2c1. The van der Waals surface area contributed by atoms with Gasteiger partial charge in [-0.25, -0.2) is 4.98 Å². The van der Waals surface area contributed by atoms with Crippen LogP contribution in [-0.2, 0) is 14.4 Å². The van der Waals surface area contributed by atoms with Crippen LogP contribution < -0.4 is 20.7 Å². The third-order valence-electron chi connectivity index (χ3n) is 4.26. The minimum Gasteiger partial charge on any atom is -0.497 e. The van der Waals surface area contributed by atoms with Crippen LogP contribution in [0.25, 0.3) is 10.2 Å². The van der Waals surface area contributed by atoms with Gasteiger partial charge in [-0.05, 0) is 23.8 Å². The van der Waals surface area contributed by atoms with E-state index >= 15 is 0 Å². The third-order valence-corrected chi connectivity index (χ3v) is 5.19. The second-order valence-corrected chi connectivity index (χ2v) is 7.58. The van der Waals surface area contributed by atoms with E-state index in [1.165, 1.54) is 18.3 Å². The Balaban J connectivity index is 1.54. The maximum Gasteiger partial charge on any atom is 0.245 e. The molecule has 3 amide bonds. The molecule has 8 nitrogen and oxygen atoms in total. The fraction of sp³-hybridized carbons (Fsp3) is 0.238. The van der Waals surface area contributed by atoms with Crippen LogP contribution in [0.5, 0.6) is 5.75 Å². The van der Waals surface area contributed by atoms with E-state index in [4.69, 9.17) is 4.74 Å². The van der Waals surface area contributed by atoms with E-state index in [0.717, 1.165) is 15.8 Å². The summed E-state index contributed by atoms with van der Waals surface area (Å²) in [6.07, 6.45) is 0.0256. The van der Waals surface area contributed by atoms with E-state index in [2.05, 4.69) is 20.9 Å². The third kappa shape index (κ3) is 5.77. The zero-order chi connectivity index (χ0) is 21.5. The average Bonchev–Trinajstić information content (AvgIpc) is 3.13. The monoisotopic (exact) mass is 426 g/mol. The highest BCUT2D eigenvalue weighted by Gasteiger charge is 2.17. The lowest BCUT2D eigenvalue weighted by atomic mass is 10.0. The highest BCUT2D eigenvalue weighted by atomic mass is 32.1. The number of benzene rings is 2. The Labute approximate surface area is 177 Å². The van der Waals surface area contributed by atoms with Crippen molar-refractivity contribution in [1.29, 1.82) is 0 Å². The lowest BCUT2D eigenvalue weighted by molar-refractivity contribution is -0.125. The van der Waals surface area contributed by atoms with E-state index in [0.29, 0.717) is 10.9 Å². The second-order valence-electron chi connectivity index (χ2n) is 6.55. The first-order valence-electron chi connectivity index (χ1n) is 9.28. The fourth-order valence-electron chi connectivity index (χ4n) is 2.87. The minimum atomic E-state index is -0.467.